The van der Waals surface area contributed by atoms with Crippen LogP contribution < -0.4 is 20.1 Å². The number of amides is 2. The summed E-state index contributed by atoms with van der Waals surface area (Å²) in [4.78, 5) is 25.2. The molecule has 0 spiro atoms. The Kier molecular flexibility index (Phi) is 5.25. The van der Waals surface area contributed by atoms with Crippen LogP contribution in [-0.2, 0) is 10.2 Å². The van der Waals surface area contributed by atoms with Gasteiger partial charge in [-0.1, -0.05) is 29.8 Å². The van der Waals surface area contributed by atoms with E-state index in [0.29, 0.717) is 27.8 Å². The average Bonchev–Trinajstić information content (AvgIpc) is 3.50. The molecule has 1 saturated carbocycles. The molecule has 168 valence electrons. The van der Waals surface area contributed by atoms with E-state index in [2.05, 4.69) is 10.6 Å². The maximum atomic E-state index is 13.3. The zero-order valence-electron chi connectivity index (χ0n) is 18.3. The summed E-state index contributed by atoms with van der Waals surface area (Å²) in [6.07, 6.45) is 1.57. The third-order valence-corrected chi connectivity index (χ3v) is 6.67. The van der Waals surface area contributed by atoms with Crippen LogP contribution in [0.3, 0.4) is 0 Å². The topological polar surface area (TPSA) is 76.7 Å². The number of rotatable bonds is 5. The maximum Gasteiger partial charge on any atom is 0.252 e. The first-order valence-corrected chi connectivity index (χ1v) is 11.1. The summed E-state index contributed by atoms with van der Waals surface area (Å²) in [5, 5.41) is 6.05. The van der Waals surface area contributed by atoms with Crippen LogP contribution in [0.4, 0.5) is 5.69 Å². The molecule has 0 aromatic heterocycles. The second-order valence-corrected chi connectivity index (χ2v) is 8.81. The van der Waals surface area contributed by atoms with Crippen molar-refractivity contribution in [2.24, 2.45) is 0 Å². The van der Waals surface area contributed by atoms with Crippen molar-refractivity contribution in [2.75, 3.05) is 19.2 Å². The predicted octanol–water partition coefficient (Wildman–Crippen LogP) is 5.07. The Morgan fingerprint density at radius 1 is 0.970 bits per heavy atom. The number of halogens is 1. The number of hydrogen-bond donors (Lipinski definition) is 2. The molecule has 2 aliphatic rings. The van der Waals surface area contributed by atoms with Gasteiger partial charge in [-0.3, -0.25) is 9.59 Å². The number of fused-ring (bicyclic) bond motifs is 1. The minimum atomic E-state index is -0.551. The highest BCUT2D eigenvalue weighted by molar-refractivity contribution is 6.34. The van der Waals surface area contributed by atoms with Gasteiger partial charge >= 0.3 is 0 Å². The molecule has 2 amide bonds. The molecule has 2 N–H and O–H groups in total. The lowest BCUT2D eigenvalue weighted by Gasteiger charge is -2.17. The highest BCUT2D eigenvalue weighted by Crippen LogP contribution is 2.51. The van der Waals surface area contributed by atoms with Gasteiger partial charge in [-0.2, -0.15) is 0 Å². The molecule has 0 unspecified atom stereocenters. The normalized spacial score (nSPS) is 15.1. The van der Waals surface area contributed by atoms with Crippen molar-refractivity contribution in [1.82, 2.24) is 5.32 Å². The van der Waals surface area contributed by atoms with Crippen molar-refractivity contribution in [2.45, 2.75) is 25.2 Å². The van der Waals surface area contributed by atoms with Gasteiger partial charge in [-0.25, -0.2) is 0 Å². The van der Waals surface area contributed by atoms with Crippen LogP contribution in [-0.4, -0.2) is 25.7 Å². The molecule has 5 rings (SSSR count). The summed E-state index contributed by atoms with van der Waals surface area (Å²) in [5.41, 5.74) is 4.36. The van der Waals surface area contributed by atoms with Crippen LogP contribution in [0.1, 0.15) is 34.3 Å². The maximum absolute atomic E-state index is 13.3. The molecule has 1 aliphatic heterocycles. The fraction of sp³-hybridized carbons (Fsp3) is 0.231. The number of carbonyl (C=O) groups is 2. The van der Waals surface area contributed by atoms with Crippen LogP contribution in [0.5, 0.6) is 11.5 Å². The van der Waals surface area contributed by atoms with E-state index in [0.717, 1.165) is 35.1 Å². The molecule has 1 fully saturated rings. The molecule has 0 saturated heterocycles. The Morgan fingerprint density at radius 2 is 1.76 bits per heavy atom. The van der Waals surface area contributed by atoms with Crippen molar-refractivity contribution >= 4 is 29.1 Å². The molecule has 7 heteroatoms. The van der Waals surface area contributed by atoms with E-state index in [1.165, 1.54) is 0 Å². The highest BCUT2D eigenvalue weighted by atomic mass is 35.5. The van der Waals surface area contributed by atoms with E-state index >= 15 is 0 Å². The Balaban J connectivity index is 1.40. The molecular weight excluding hydrogens is 440 g/mol. The van der Waals surface area contributed by atoms with Crippen molar-refractivity contribution in [3.05, 3.63) is 76.3 Å². The quantitative estimate of drug-likeness (QED) is 0.554. The number of ether oxygens (including phenoxy) is 2. The van der Waals surface area contributed by atoms with E-state index in [1.54, 1.807) is 19.2 Å². The summed E-state index contributed by atoms with van der Waals surface area (Å²) < 4.78 is 10.9. The van der Waals surface area contributed by atoms with Crippen LogP contribution in [0, 0.1) is 6.92 Å². The SMILES string of the molecule is CNC(=O)c1ccc(-c2cc(NC(=O)C3(c4ccc5c(c4)OCO5)CC3)ccc2C)cc1Cl. The van der Waals surface area contributed by atoms with Gasteiger partial charge in [0.25, 0.3) is 5.91 Å². The minimum absolute atomic E-state index is 0.0378. The molecule has 0 radical (unpaired) electrons. The number of benzene rings is 3. The van der Waals surface area contributed by atoms with Gasteiger partial charge in [0.2, 0.25) is 12.7 Å². The van der Waals surface area contributed by atoms with E-state index in [4.69, 9.17) is 21.1 Å². The van der Waals surface area contributed by atoms with Crippen LogP contribution in [0.2, 0.25) is 5.02 Å². The summed E-state index contributed by atoms with van der Waals surface area (Å²) in [6, 6.07) is 16.9. The van der Waals surface area contributed by atoms with Gasteiger partial charge in [0, 0.05) is 12.7 Å². The number of nitrogens with one attached hydrogen (secondary N) is 2. The largest absolute Gasteiger partial charge is 0.454 e. The molecule has 1 heterocycles. The molecule has 33 heavy (non-hydrogen) atoms. The number of hydrogen-bond acceptors (Lipinski definition) is 4. The molecule has 0 atom stereocenters. The monoisotopic (exact) mass is 462 g/mol. The second kappa shape index (κ2) is 8.12. The number of anilines is 1. The van der Waals surface area contributed by atoms with Crippen molar-refractivity contribution in [1.29, 1.82) is 0 Å². The standard InChI is InChI=1S/C26H23ClN2O4/c1-15-3-6-18(13-20(15)16-4-7-19(21(27)11-16)24(30)28-2)29-25(31)26(9-10-26)17-5-8-22-23(12-17)33-14-32-22/h3-8,11-13H,9-10,14H2,1-2H3,(H,28,30)(H,29,31). The average molecular weight is 463 g/mol. The van der Waals surface area contributed by atoms with Crippen molar-refractivity contribution in [3.8, 4) is 22.6 Å². The molecular formula is C26H23ClN2O4. The van der Waals surface area contributed by atoms with E-state index in [9.17, 15) is 9.59 Å². The van der Waals surface area contributed by atoms with Crippen LogP contribution >= 0.6 is 11.6 Å². The van der Waals surface area contributed by atoms with Gasteiger partial charge in [-0.05, 0) is 78.4 Å². The molecule has 1 aliphatic carbocycles. The first-order valence-electron chi connectivity index (χ1n) is 10.8. The lowest BCUT2D eigenvalue weighted by Crippen LogP contribution is -2.27. The third kappa shape index (κ3) is 3.80. The van der Waals surface area contributed by atoms with Gasteiger partial charge in [0.15, 0.2) is 11.5 Å². The minimum Gasteiger partial charge on any atom is -0.454 e. The summed E-state index contributed by atoms with van der Waals surface area (Å²) >= 11 is 6.36. The van der Waals surface area contributed by atoms with Crippen LogP contribution in [0.15, 0.2) is 54.6 Å². The van der Waals surface area contributed by atoms with E-state index < -0.39 is 5.41 Å². The van der Waals surface area contributed by atoms with Gasteiger partial charge in [-0.15, -0.1) is 0 Å². The zero-order chi connectivity index (χ0) is 23.2. The predicted molar refractivity (Wildman–Crippen MR) is 127 cm³/mol. The van der Waals surface area contributed by atoms with Gasteiger partial charge in [0.1, 0.15) is 0 Å². The molecule has 6 nitrogen and oxygen atoms in total. The zero-order valence-corrected chi connectivity index (χ0v) is 19.1. The summed E-state index contributed by atoms with van der Waals surface area (Å²) in [5.74, 6) is 1.12. The first-order chi connectivity index (χ1) is 15.9. The number of carbonyl (C=O) groups excluding carboxylic acids is 2. The lowest BCUT2D eigenvalue weighted by molar-refractivity contribution is -0.118. The van der Waals surface area contributed by atoms with Crippen molar-refractivity contribution < 1.29 is 19.1 Å². The highest BCUT2D eigenvalue weighted by Gasteiger charge is 2.51. The Morgan fingerprint density at radius 3 is 2.48 bits per heavy atom. The number of aryl methyl sites for hydroxylation is 1. The summed E-state index contributed by atoms with van der Waals surface area (Å²) in [7, 11) is 1.57. The fourth-order valence-electron chi connectivity index (χ4n) is 4.23. The van der Waals surface area contributed by atoms with E-state index in [1.807, 2.05) is 49.4 Å². The Labute approximate surface area is 196 Å². The van der Waals surface area contributed by atoms with Crippen LogP contribution in [0.25, 0.3) is 11.1 Å². The van der Waals surface area contributed by atoms with Gasteiger partial charge < -0.3 is 20.1 Å². The Bertz CT molecular complexity index is 1280. The molecule has 3 aromatic rings. The van der Waals surface area contributed by atoms with E-state index in [-0.39, 0.29) is 18.6 Å². The molecule has 0 bridgehead atoms. The van der Waals surface area contributed by atoms with Gasteiger partial charge in [0.05, 0.1) is 16.0 Å². The molecule has 3 aromatic carbocycles. The summed E-state index contributed by atoms with van der Waals surface area (Å²) in [6.45, 7) is 2.20. The smallest absolute Gasteiger partial charge is 0.252 e. The van der Waals surface area contributed by atoms with Crippen molar-refractivity contribution in [3.63, 3.8) is 0 Å². The Hall–Kier alpha value is -3.51. The lowest BCUT2D eigenvalue weighted by atomic mass is 9.94. The fourth-order valence-corrected chi connectivity index (χ4v) is 4.50. The third-order valence-electron chi connectivity index (χ3n) is 6.36. The first kappa shape index (κ1) is 21.3. The second-order valence-electron chi connectivity index (χ2n) is 8.41.